The van der Waals surface area contributed by atoms with E-state index >= 15 is 0 Å². The minimum absolute atomic E-state index is 0.131. The molecule has 2 aromatic heterocycles. The van der Waals surface area contributed by atoms with E-state index in [2.05, 4.69) is 20.1 Å². The molecule has 0 aliphatic carbocycles. The molecular formula is C14H21N5O2. The molecule has 114 valence electrons. The molecule has 1 fully saturated rings. The molecule has 1 saturated heterocycles. The van der Waals surface area contributed by atoms with Gasteiger partial charge in [-0.3, -0.25) is 4.90 Å². The lowest BCUT2D eigenvalue weighted by Gasteiger charge is -2.32. The van der Waals surface area contributed by atoms with Gasteiger partial charge in [-0.1, -0.05) is 5.16 Å². The van der Waals surface area contributed by atoms with E-state index in [9.17, 15) is 0 Å². The number of aryl methyl sites for hydroxylation is 3. The normalized spacial score (nSPS) is 20.0. The molecule has 1 unspecified atom stereocenters. The fourth-order valence-electron chi connectivity index (χ4n) is 2.68. The Morgan fingerprint density at radius 2 is 2.19 bits per heavy atom. The molecule has 21 heavy (non-hydrogen) atoms. The SMILES string of the molecule is Cc1nc(C)n(CC2CN(Cc3cc(C)on3)CCO2)n1. The molecule has 0 radical (unpaired) electrons. The Morgan fingerprint density at radius 3 is 2.86 bits per heavy atom. The Morgan fingerprint density at radius 1 is 1.33 bits per heavy atom. The van der Waals surface area contributed by atoms with Crippen LogP contribution in [0, 0.1) is 20.8 Å². The third kappa shape index (κ3) is 3.48. The fourth-order valence-corrected chi connectivity index (χ4v) is 2.68. The number of hydrogen-bond donors (Lipinski definition) is 0. The van der Waals surface area contributed by atoms with Crippen molar-refractivity contribution in [3.8, 4) is 0 Å². The maximum absolute atomic E-state index is 5.85. The predicted octanol–water partition coefficient (Wildman–Crippen LogP) is 1.09. The van der Waals surface area contributed by atoms with Gasteiger partial charge in [-0.2, -0.15) is 5.10 Å². The zero-order chi connectivity index (χ0) is 14.8. The lowest BCUT2D eigenvalue weighted by molar-refractivity contribution is -0.0410. The molecule has 0 spiro atoms. The number of aromatic nitrogens is 4. The van der Waals surface area contributed by atoms with Gasteiger partial charge >= 0.3 is 0 Å². The van der Waals surface area contributed by atoms with Gasteiger partial charge in [0.25, 0.3) is 0 Å². The van der Waals surface area contributed by atoms with Crippen molar-refractivity contribution in [3.63, 3.8) is 0 Å². The van der Waals surface area contributed by atoms with Crippen LogP contribution >= 0.6 is 0 Å². The maximum Gasteiger partial charge on any atom is 0.147 e. The van der Waals surface area contributed by atoms with Crippen LogP contribution in [0.5, 0.6) is 0 Å². The van der Waals surface area contributed by atoms with E-state index in [0.29, 0.717) is 0 Å². The average Bonchev–Trinajstić information content (AvgIpc) is 2.96. The van der Waals surface area contributed by atoms with E-state index in [1.54, 1.807) is 0 Å². The van der Waals surface area contributed by atoms with Crippen LogP contribution in [0.15, 0.2) is 10.6 Å². The Kier molecular flexibility index (Phi) is 4.03. The standard InChI is InChI=1S/C14H21N5O2/c1-10-6-13(17-21-10)7-18-4-5-20-14(8-18)9-19-12(3)15-11(2)16-19/h6,14H,4-5,7-9H2,1-3H3. The molecule has 1 atom stereocenters. The fraction of sp³-hybridized carbons (Fsp3) is 0.643. The Balaban J connectivity index is 1.59. The summed E-state index contributed by atoms with van der Waals surface area (Å²) in [7, 11) is 0. The first-order valence-electron chi connectivity index (χ1n) is 7.24. The molecule has 0 aromatic carbocycles. The van der Waals surface area contributed by atoms with Gasteiger partial charge < -0.3 is 9.26 Å². The third-order valence-electron chi connectivity index (χ3n) is 3.62. The molecule has 3 heterocycles. The molecule has 2 aromatic rings. The molecule has 0 amide bonds. The molecule has 0 bridgehead atoms. The molecule has 0 N–H and O–H groups in total. The van der Waals surface area contributed by atoms with E-state index in [4.69, 9.17) is 9.26 Å². The molecular weight excluding hydrogens is 270 g/mol. The van der Waals surface area contributed by atoms with Crippen LogP contribution in [0.2, 0.25) is 0 Å². The predicted molar refractivity (Wildman–Crippen MR) is 75.8 cm³/mol. The van der Waals surface area contributed by atoms with Crippen molar-refractivity contribution in [2.24, 2.45) is 0 Å². The van der Waals surface area contributed by atoms with Gasteiger partial charge in [-0.15, -0.1) is 0 Å². The zero-order valence-corrected chi connectivity index (χ0v) is 12.7. The van der Waals surface area contributed by atoms with E-state index < -0.39 is 0 Å². The van der Waals surface area contributed by atoms with Crippen molar-refractivity contribution in [1.29, 1.82) is 0 Å². The van der Waals surface area contributed by atoms with Crippen molar-refractivity contribution in [1.82, 2.24) is 24.8 Å². The van der Waals surface area contributed by atoms with Gasteiger partial charge in [0.1, 0.15) is 17.4 Å². The van der Waals surface area contributed by atoms with E-state index in [1.165, 1.54) is 0 Å². The van der Waals surface area contributed by atoms with Crippen molar-refractivity contribution >= 4 is 0 Å². The summed E-state index contributed by atoms with van der Waals surface area (Å²) in [6.07, 6.45) is 0.131. The van der Waals surface area contributed by atoms with E-state index in [0.717, 1.165) is 55.9 Å². The van der Waals surface area contributed by atoms with Crippen LogP contribution < -0.4 is 0 Å². The van der Waals surface area contributed by atoms with Gasteiger partial charge in [0.15, 0.2) is 0 Å². The number of ether oxygens (including phenoxy) is 1. The molecule has 0 saturated carbocycles. The molecule has 1 aliphatic rings. The molecule has 3 rings (SSSR count). The number of rotatable bonds is 4. The molecule has 7 nitrogen and oxygen atoms in total. The highest BCUT2D eigenvalue weighted by Crippen LogP contribution is 2.12. The Bertz CT molecular complexity index is 606. The summed E-state index contributed by atoms with van der Waals surface area (Å²) < 4.78 is 12.9. The number of nitrogens with zero attached hydrogens (tertiary/aromatic N) is 5. The second kappa shape index (κ2) is 5.95. The third-order valence-corrected chi connectivity index (χ3v) is 3.62. The lowest BCUT2D eigenvalue weighted by Crippen LogP contribution is -2.44. The van der Waals surface area contributed by atoms with Crippen LogP contribution in [0.4, 0.5) is 0 Å². The van der Waals surface area contributed by atoms with Crippen LogP contribution in [0.25, 0.3) is 0 Å². The number of hydrogen-bond acceptors (Lipinski definition) is 6. The van der Waals surface area contributed by atoms with Gasteiger partial charge in [-0.25, -0.2) is 9.67 Å². The van der Waals surface area contributed by atoms with E-state index in [1.807, 2.05) is 31.5 Å². The lowest BCUT2D eigenvalue weighted by atomic mass is 10.2. The molecule has 7 heteroatoms. The van der Waals surface area contributed by atoms with Crippen LogP contribution in [-0.4, -0.2) is 50.6 Å². The van der Waals surface area contributed by atoms with Crippen LogP contribution in [-0.2, 0) is 17.8 Å². The summed E-state index contributed by atoms with van der Waals surface area (Å²) in [5.41, 5.74) is 0.973. The van der Waals surface area contributed by atoms with Gasteiger partial charge in [0, 0.05) is 25.7 Å². The topological polar surface area (TPSA) is 69.2 Å². The van der Waals surface area contributed by atoms with E-state index in [-0.39, 0.29) is 6.10 Å². The average molecular weight is 291 g/mol. The van der Waals surface area contributed by atoms with Crippen LogP contribution in [0.3, 0.4) is 0 Å². The number of morpholine rings is 1. The monoisotopic (exact) mass is 291 g/mol. The minimum Gasteiger partial charge on any atom is -0.374 e. The Hall–Kier alpha value is -1.73. The molecule has 1 aliphatic heterocycles. The maximum atomic E-state index is 5.85. The highest BCUT2D eigenvalue weighted by atomic mass is 16.5. The summed E-state index contributed by atoms with van der Waals surface area (Å²) >= 11 is 0. The van der Waals surface area contributed by atoms with Crippen molar-refractivity contribution < 1.29 is 9.26 Å². The second-order valence-corrected chi connectivity index (χ2v) is 5.55. The van der Waals surface area contributed by atoms with Gasteiger partial charge in [0.05, 0.1) is 24.9 Å². The van der Waals surface area contributed by atoms with Crippen LogP contribution in [0.1, 0.15) is 23.1 Å². The first-order valence-corrected chi connectivity index (χ1v) is 7.24. The van der Waals surface area contributed by atoms with Gasteiger partial charge in [0.2, 0.25) is 0 Å². The summed E-state index contributed by atoms with van der Waals surface area (Å²) in [6, 6.07) is 1.98. The van der Waals surface area contributed by atoms with Crippen molar-refractivity contribution in [2.45, 2.75) is 40.0 Å². The summed E-state index contributed by atoms with van der Waals surface area (Å²) in [4.78, 5) is 6.66. The Labute approximate surface area is 123 Å². The largest absolute Gasteiger partial charge is 0.374 e. The second-order valence-electron chi connectivity index (χ2n) is 5.55. The summed E-state index contributed by atoms with van der Waals surface area (Å²) in [5, 5.41) is 8.45. The van der Waals surface area contributed by atoms with Crippen molar-refractivity contribution in [3.05, 3.63) is 29.2 Å². The smallest absolute Gasteiger partial charge is 0.147 e. The minimum atomic E-state index is 0.131. The zero-order valence-electron chi connectivity index (χ0n) is 12.7. The quantitative estimate of drug-likeness (QED) is 0.840. The highest BCUT2D eigenvalue weighted by molar-refractivity contribution is 5.03. The van der Waals surface area contributed by atoms with Gasteiger partial charge in [-0.05, 0) is 20.8 Å². The summed E-state index contributed by atoms with van der Waals surface area (Å²) in [5.74, 6) is 2.59. The first kappa shape index (κ1) is 14.2. The van der Waals surface area contributed by atoms with Crippen molar-refractivity contribution in [2.75, 3.05) is 19.7 Å². The summed E-state index contributed by atoms with van der Waals surface area (Å²) in [6.45, 7) is 9.83. The highest BCUT2D eigenvalue weighted by Gasteiger charge is 2.22. The first-order chi connectivity index (χ1) is 10.1.